The van der Waals surface area contributed by atoms with Crippen molar-refractivity contribution in [1.82, 2.24) is 15.3 Å². The molecule has 0 aliphatic carbocycles. The van der Waals surface area contributed by atoms with Gasteiger partial charge in [0.1, 0.15) is 0 Å². The zero-order valence-corrected chi connectivity index (χ0v) is 12.8. The summed E-state index contributed by atoms with van der Waals surface area (Å²) in [5, 5.41) is 3.30. The van der Waals surface area contributed by atoms with Gasteiger partial charge in [-0.15, -0.1) is 0 Å². The first-order valence-electron chi connectivity index (χ1n) is 7.55. The van der Waals surface area contributed by atoms with Crippen LogP contribution in [0, 0.1) is 0 Å². The van der Waals surface area contributed by atoms with Crippen LogP contribution in [-0.4, -0.2) is 42.3 Å². The van der Waals surface area contributed by atoms with Crippen molar-refractivity contribution in [2.75, 3.05) is 25.2 Å². The molecule has 1 saturated heterocycles. The Balaban J connectivity index is 1.93. The maximum atomic E-state index is 5.00. The van der Waals surface area contributed by atoms with E-state index in [9.17, 15) is 0 Å². The molecule has 2 unspecified atom stereocenters. The summed E-state index contributed by atoms with van der Waals surface area (Å²) in [6.07, 6.45) is 7.51. The fourth-order valence-corrected chi connectivity index (χ4v) is 2.81. The molecule has 1 fully saturated rings. The lowest BCUT2D eigenvalue weighted by molar-refractivity contribution is 0.199. The van der Waals surface area contributed by atoms with Crippen molar-refractivity contribution in [3.8, 4) is 0 Å². The van der Waals surface area contributed by atoms with E-state index >= 15 is 0 Å². The normalized spacial score (nSPS) is 22.4. The fourth-order valence-electron chi connectivity index (χ4n) is 2.81. The number of hydrogen-bond acceptors (Lipinski definition) is 5. The lowest BCUT2D eigenvalue weighted by atomic mass is 10.2. The lowest BCUT2D eigenvalue weighted by Gasteiger charge is -2.27. The Morgan fingerprint density at radius 1 is 1.35 bits per heavy atom. The van der Waals surface area contributed by atoms with Crippen molar-refractivity contribution in [3.63, 3.8) is 0 Å². The third kappa shape index (κ3) is 3.67. The number of nitrogens with zero attached hydrogens (tertiary/aromatic N) is 3. The van der Waals surface area contributed by atoms with E-state index < -0.39 is 0 Å². The molecule has 1 aromatic heterocycles. The molecule has 0 saturated carbocycles. The van der Waals surface area contributed by atoms with E-state index in [1.807, 2.05) is 12.4 Å². The molecule has 20 heavy (non-hydrogen) atoms. The summed E-state index contributed by atoms with van der Waals surface area (Å²) in [5.41, 5.74) is 1.12. The number of ether oxygens (including phenoxy) is 1. The third-order valence-corrected chi connectivity index (χ3v) is 3.99. The van der Waals surface area contributed by atoms with Gasteiger partial charge in [-0.25, -0.2) is 9.97 Å². The van der Waals surface area contributed by atoms with Crippen molar-refractivity contribution >= 4 is 5.95 Å². The van der Waals surface area contributed by atoms with E-state index in [2.05, 4.69) is 34.0 Å². The average molecular weight is 278 g/mol. The van der Waals surface area contributed by atoms with E-state index in [1.165, 1.54) is 12.8 Å². The molecule has 1 N–H and O–H groups in total. The van der Waals surface area contributed by atoms with Gasteiger partial charge in [-0.2, -0.15) is 0 Å². The molecule has 0 spiro atoms. The molecule has 0 amide bonds. The Morgan fingerprint density at radius 2 is 2.10 bits per heavy atom. The maximum Gasteiger partial charge on any atom is 0.225 e. The van der Waals surface area contributed by atoms with Gasteiger partial charge in [-0.3, -0.25) is 0 Å². The highest BCUT2D eigenvalue weighted by Gasteiger charge is 2.30. The number of rotatable bonds is 7. The van der Waals surface area contributed by atoms with Gasteiger partial charge in [0.25, 0.3) is 0 Å². The van der Waals surface area contributed by atoms with Crippen molar-refractivity contribution in [3.05, 3.63) is 18.0 Å². The van der Waals surface area contributed by atoms with Crippen molar-refractivity contribution in [2.24, 2.45) is 0 Å². The summed E-state index contributed by atoms with van der Waals surface area (Å²) in [6.45, 7) is 6.86. The van der Waals surface area contributed by atoms with Gasteiger partial charge >= 0.3 is 0 Å². The molecule has 1 aliphatic heterocycles. The molecule has 5 heteroatoms. The number of aromatic nitrogens is 2. The van der Waals surface area contributed by atoms with Gasteiger partial charge in [0.2, 0.25) is 5.95 Å². The summed E-state index contributed by atoms with van der Waals surface area (Å²) in [4.78, 5) is 11.5. The SMILES string of the molecule is CCC1CCC(C)N1c1ncc(CNCCOC)cn1. The van der Waals surface area contributed by atoms with Crippen LogP contribution in [0.15, 0.2) is 12.4 Å². The van der Waals surface area contributed by atoms with Gasteiger partial charge in [0, 0.05) is 50.2 Å². The summed E-state index contributed by atoms with van der Waals surface area (Å²) < 4.78 is 5.00. The molecule has 5 nitrogen and oxygen atoms in total. The van der Waals surface area contributed by atoms with Crippen LogP contribution >= 0.6 is 0 Å². The monoisotopic (exact) mass is 278 g/mol. The van der Waals surface area contributed by atoms with Crippen LogP contribution in [0.1, 0.15) is 38.7 Å². The Kier molecular flexibility index (Phi) is 5.73. The highest BCUT2D eigenvalue weighted by Crippen LogP contribution is 2.29. The van der Waals surface area contributed by atoms with Crippen molar-refractivity contribution < 1.29 is 4.74 Å². The maximum absolute atomic E-state index is 5.00. The van der Waals surface area contributed by atoms with Crippen LogP contribution in [0.5, 0.6) is 0 Å². The zero-order chi connectivity index (χ0) is 14.4. The smallest absolute Gasteiger partial charge is 0.225 e. The predicted molar refractivity (Wildman–Crippen MR) is 80.9 cm³/mol. The van der Waals surface area contributed by atoms with Crippen LogP contribution in [0.4, 0.5) is 5.95 Å². The van der Waals surface area contributed by atoms with E-state index in [1.54, 1.807) is 7.11 Å². The average Bonchev–Trinajstić information content (AvgIpc) is 2.85. The molecule has 2 heterocycles. The predicted octanol–water partition coefficient (Wildman–Crippen LogP) is 1.98. The second-order valence-electron chi connectivity index (χ2n) is 5.46. The quantitative estimate of drug-likeness (QED) is 0.773. The summed E-state index contributed by atoms with van der Waals surface area (Å²) >= 11 is 0. The van der Waals surface area contributed by atoms with E-state index in [0.717, 1.165) is 37.6 Å². The molecule has 0 bridgehead atoms. The van der Waals surface area contributed by atoms with E-state index in [-0.39, 0.29) is 0 Å². The minimum Gasteiger partial charge on any atom is -0.383 e. The van der Waals surface area contributed by atoms with Gasteiger partial charge in [-0.1, -0.05) is 6.92 Å². The molecule has 1 aromatic rings. The summed E-state index contributed by atoms with van der Waals surface area (Å²) in [5.74, 6) is 0.877. The molecule has 0 aromatic carbocycles. The lowest BCUT2D eigenvalue weighted by Crippen LogP contribution is -2.35. The Morgan fingerprint density at radius 3 is 2.75 bits per heavy atom. The van der Waals surface area contributed by atoms with Crippen LogP contribution in [0.25, 0.3) is 0 Å². The summed E-state index contributed by atoms with van der Waals surface area (Å²) in [6, 6.07) is 1.14. The van der Waals surface area contributed by atoms with Crippen LogP contribution < -0.4 is 10.2 Å². The van der Waals surface area contributed by atoms with Crippen LogP contribution in [0.3, 0.4) is 0 Å². The highest BCUT2D eigenvalue weighted by molar-refractivity contribution is 5.35. The molecule has 112 valence electrons. The molecule has 1 aliphatic rings. The number of nitrogens with one attached hydrogen (secondary N) is 1. The second kappa shape index (κ2) is 7.55. The standard InChI is InChI=1S/C15H26N4O/c1-4-14-6-5-12(2)19(14)15-17-10-13(11-18-15)9-16-7-8-20-3/h10-12,14,16H,4-9H2,1-3H3. The van der Waals surface area contributed by atoms with Gasteiger partial charge in [0.05, 0.1) is 6.61 Å². The first-order chi connectivity index (χ1) is 9.76. The van der Waals surface area contributed by atoms with Gasteiger partial charge in [0.15, 0.2) is 0 Å². The molecule has 2 rings (SSSR count). The molecule has 0 radical (unpaired) electrons. The van der Waals surface area contributed by atoms with Crippen LogP contribution in [0.2, 0.25) is 0 Å². The second-order valence-corrected chi connectivity index (χ2v) is 5.46. The first kappa shape index (κ1) is 15.2. The van der Waals surface area contributed by atoms with E-state index in [0.29, 0.717) is 12.1 Å². The molecule has 2 atom stereocenters. The van der Waals surface area contributed by atoms with Gasteiger partial charge in [-0.05, 0) is 26.2 Å². The first-order valence-corrected chi connectivity index (χ1v) is 7.55. The van der Waals surface area contributed by atoms with Crippen molar-refractivity contribution in [1.29, 1.82) is 0 Å². The zero-order valence-electron chi connectivity index (χ0n) is 12.8. The number of anilines is 1. The Bertz CT molecular complexity index is 395. The highest BCUT2D eigenvalue weighted by atomic mass is 16.5. The van der Waals surface area contributed by atoms with Crippen LogP contribution in [-0.2, 0) is 11.3 Å². The number of hydrogen-bond donors (Lipinski definition) is 1. The topological polar surface area (TPSA) is 50.3 Å². The third-order valence-electron chi connectivity index (χ3n) is 3.99. The van der Waals surface area contributed by atoms with E-state index in [4.69, 9.17) is 4.74 Å². The molecular weight excluding hydrogens is 252 g/mol. The molecular formula is C15H26N4O. The van der Waals surface area contributed by atoms with Gasteiger partial charge < -0.3 is 15.0 Å². The minimum atomic E-state index is 0.547. The largest absolute Gasteiger partial charge is 0.383 e. The number of methoxy groups -OCH3 is 1. The Labute approximate surface area is 121 Å². The fraction of sp³-hybridized carbons (Fsp3) is 0.733. The minimum absolute atomic E-state index is 0.547. The Hall–Kier alpha value is -1.20. The summed E-state index contributed by atoms with van der Waals surface area (Å²) in [7, 11) is 1.71. The van der Waals surface area contributed by atoms with Crippen molar-refractivity contribution in [2.45, 2.75) is 51.7 Å².